The minimum Gasteiger partial charge on any atom is -0.435 e. The van der Waals surface area contributed by atoms with Crippen LogP contribution >= 0.6 is 24.0 Å². The van der Waals surface area contributed by atoms with E-state index in [-0.39, 0.29) is 36.3 Å². The second-order valence-corrected chi connectivity index (χ2v) is 8.21. The van der Waals surface area contributed by atoms with E-state index in [2.05, 4.69) is 46.1 Å². The Morgan fingerprint density at radius 2 is 1.75 bits per heavy atom. The van der Waals surface area contributed by atoms with Gasteiger partial charge in [0.05, 0.1) is 12.6 Å². The number of ether oxygens (including phenoxy) is 1. The maximum atomic E-state index is 12.3. The number of hydrogen-bond acceptors (Lipinski definition) is 5. The van der Waals surface area contributed by atoms with E-state index < -0.39 is 12.7 Å². The zero-order chi connectivity index (χ0) is 22.8. The number of aliphatic hydroxyl groups excluding tert-OH is 1. The van der Waals surface area contributed by atoms with Crippen molar-refractivity contribution >= 4 is 29.9 Å². The van der Waals surface area contributed by atoms with Gasteiger partial charge in [0.25, 0.3) is 0 Å². The molecule has 0 saturated carbocycles. The van der Waals surface area contributed by atoms with Crippen molar-refractivity contribution in [2.24, 2.45) is 10.9 Å². The number of likely N-dealkylation sites (N-methyl/N-ethyl adjacent to an activating group) is 1. The van der Waals surface area contributed by atoms with Gasteiger partial charge in [0.2, 0.25) is 0 Å². The molecule has 0 aliphatic carbocycles. The van der Waals surface area contributed by atoms with Crippen LogP contribution in [0, 0.1) is 5.92 Å². The Morgan fingerprint density at radius 1 is 1.12 bits per heavy atom. The molecule has 7 nitrogen and oxygen atoms in total. The number of alkyl halides is 2. The Kier molecular flexibility index (Phi) is 13.3. The molecule has 0 amide bonds. The number of guanidine groups is 1. The van der Waals surface area contributed by atoms with E-state index in [0.717, 1.165) is 26.2 Å². The molecule has 0 radical (unpaired) electrons. The van der Waals surface area contributed by atoms with Gasteiger partial charge in [-0.15, -0.1) is 24.0 Å². The fourth-order valence-corrected chi connectivity index (χ4v) is 3.61. The minimum absolute atomic E-state index is 0. The molecule has 1 aromatic carbocycles. The van der Waals surface area contributed by atoms with E-state index in [0.29, 0.717) is 36.6 Å². The first-order valence-corrected chi connectivity index (χ1v) is 11.0. The summed E-state index contributed by atoms with van der Waals surface area (Å²) >= 11 is 0. The molecule has 0 spiro atoms. The van der Waals surface area contributed by atoms with E-state index in [1.807, 2.05) is 6.92 Å². The minimum atomic E-state index is -2.86. The molecule has 2 atom stereocenters. The highest BCUT2D eigenvalue weighted by Crippen LogP contribution is 2.19. The summed E-state index contributed by atoms with van der Waals surface area (Å²) in [4.78, 5) is 9.62. The van der Waals surface area contributed by atoms with Gasteiger partial charge in [-0.1, -0.05) is 26.0 Å². The van der Waals surface area contributed by atoms with Crippen LogP contribution < -0.4 is 15.4 Å². The third-order valence-corrected chi connectivity index (χ3v) is 5.51. The lowest BCUT2D eigenvalue weighted by atomic mass is 10.0. The third kappa shape index (κ3) is 9.72. The van der Waals surface area contributed by atoms with Crippen LogP contribution in [0.3, 0.4) is 0 Å². The van der Waals surface area contributed by atoms with Crippen LogP contribution in [0.15, 0.2) is 29.3 Å². The molecule has 2 unspecified atom stereocenters. The molecule has 10 heteroatoms. The van der Waals surface area contributed by atoms with Crippen LogP contribution in [0.2, 0.25) is 0 Å². The Morgan fingerprint density at radius 3 is 2.28 bits per heavy atom. The van der Waals surface area contributed by atoms with Crippen molar-refractivity contribution in [2.45, 2.75) is 39.5 Å². The monoisotopic (exact) mass is 569 g/mol. The lowest BCUT2D eigenvalue weighted by molar-refractivity contribution is -0.0498. The summed E-state index contributed by atoms with van der Waals surface area (Å²) in [6, 6.07) is 6.36. The highest BCUT2D eigenvalue weighted by Gasteiger charge is 2.24. The van der Waals surface area contributed by atoms with Gasteiger partial charge >= 0.3 is 6.61 Å². The number of rotatable bonds is 10. The van der Waals surface area contributed by atoms with Gasteiger partial charge in [-0.2, -0.15) is 8.78 Å². The van der Waals surface area contributed by atoms with Crippen LogP contribution in [-0.4, -0.2) is 86.4 Å². The topological polar surface area (TPSA) is 72.4 Å². The molecule has 0 bridgehead atoms. The van der Waals surface area contributed by atoms with Gasteiger partial charge in [-0.25, -0.2) is 0 Å². The van der Waals surface area contributed by atoms with Crippen molar-refractivity contribution in [1.29, 1.82) is 0 Å². The maximum Gasteiger partial charge on any atom is 0.387 e. The summed E-state index contributed by atoms with van der Waals surface area (Å²) in [6.45, 7) is 9.44. The van der Waals surface area contributed by atoms with Crippen LogP contribution in [-0.2, 0) is 0 Å². The molecule has 184 valence electrons. The molecule has 1 heterocycles. The van der Waals surface area contributed by atoms with E-state index >= 15 is 0 Å². The summed E-state index contributed by atoms with van der Waals surface area (Å²) in [5.74, 6) is 1.20. The number of hydrogen-bond donors (Lipinski definition) is 3. The Hall–Kier alpha value is -1.24. The Bertz CT molecular complexity index is 671. The summed E-state index contributed by atoms with van der Waals surface area (Å²) < 4.78 is 28.9. The fraction of sp³-hybridized carbons (Fsp3) is 0.682. The second kappa shape index (κ2) is 14.8. The molecule has 1 aliphatic rings. The predicted octanol–water partition coefficient (Wildman–Crippen LogP) is 2.77. The van der Waals surface area contributed by atoms with E-state index in [9.17, 15) is 13.9 Å². The van der Waals surface area contributed by atoms with Gasteiger partial charge < -0.3 is 25.4 Å². The molecule has 1 saturated heterocycles. The first-order chi connectivity index (χ1) is 14.8. The number of piperazine rings is 1. The summed E-state index contributed by atoms with van der Waals surface area (Å²) in [5, 5.41) is 16.9. The van der Waals surface area contributed by atoms with Crippen molar-refractivity contribution < 1.29 is 18.6 Å². The Balaban J connectivity index is 0.00000512. The smallest absolute Gasteiger partial charge is 0.387 e. The van der Waals surface area contributed by atoms with Crippen molar-refractivity contribution in [3.63, 3.8) is 0 Å². The Labute approximate surface area is 207 Å². The normalized spacial score (nSPS) is 17.7. The highest BCUT2D eigenvalue weighted by molar-refractivity contribution is 14.0. The largest absolute Gasteiger partial charge is 0.435 e. The molecule has 1 aliphatic heterocycles. The standard InChI is InChI=1S/C22H37F2N5O2.HI/c1-5-25-22(26-14-19(16(2)3)29-12-10-28(4)11-13-29)27-15-20(30)17-6-8-18(9-7-17)31-21(23)24;/h6-9,16,19-21,30H,5,10-15H2,1-4H3,(H2,25,26,27);1H. The zero-order valence-electron chi connectivity index (χ0n) is 19.4. The number of benzene rings is 1. The van der Waals surface area contributed by atoms with Crippen molar-refractivity contribution in [3.05, 3.63) is 29.8 Å². The maximum absolute atomic E-state index is 12.3. The molecular formula is C22H38F2IN5O2. The summed E-state index contributed by atoms with van der Waals surface area (Å²) in [6.07, 6.45) is -0.803. The number of nitrogens with zero attached hydrogens (tertiary/aromatic N) is 3. The molecule has 0 aromatic heterocycles. The lowest BCUT2D eigenvalue weighted by Gasteiger charge is -2.39. The van der Waals surface area contributed by atoms with Gasteiger partial charge in [0.1, 0.15) is 5.75 Å². The van der Waals surface area contributed by atoms with Crippen LogP contribution in [0.25, 0.3) is 0 Å². The molecule has 2 rings (SSSR count). The van der Waals surface area contributed by atoms with Crippen molar-refractivity contribution in [2.75, 3.05) is 52.9 Å². The zero-order valence-corrected chi connectivity index (χ0v) is 21.8. The number of halogens is 3. The van der Waals surface area contributed by atoms with Gasteiger partial charge in [0.15, 0.2) is 5.96 Å². The SMILES string of the molecule is CCNC(=NCC(C(C)C)N1CCN(C)CC1)NCC(O)c1ccc(OC(F)F)cc1.I. The van der Waals surface area contributed by atoms with Gasteiger partial charge in [-0.3, -0.25) is 9.89 Å². The average Bonchev–Trinajstić information content (AvgIpc) is 2.73. The third-order valence-electron chi connectivity index (χ3n) is 5.51. The number of aliphatic hydroxyl groups is 1. The van der Waals surface area contributed by atoms with Crippen LogP contribution in [0.4, 0.5) is 8.78 Å². The molecule has 3 N–H and O–H groups in total. The van der Waals surface area contributed by atoms with E-state index in [1.165, 1.54) is 12.1 Å². The average molecular weight is 569 g/mol. The van der Waals surface area contributed by atoms with Crippen molar-refractivity contribution in [3.8, 4) is 5.75 Å². The molecular weight excluding hydrogens is 531 g/mol. The molecule has 1 aromatic rings. The van der Waals surface area contributed by atoms with E-state index in [1.54, 1.807) is 12.1 Å². The molecule has 32 heavy (non-hydrogen) atoms. The van der Waals surface area contributed by atoms with Crippen LogP contribution in [0.1, 0.15) is 32.4 Å². The first-order valence-electron chi connectivity index (χ1n) is 11.0. The fourth-order valence-electron chi connectivity index (χ4n) is 3.61. The van der Waals surface area contributed by atoms with Gasteiger partial charge in [-0.05, 0) is 37.6 Å². The summed E-state index contributed by atoms with van der Waals surface area (Å²) in [5.41, 5.74) is 0.613. The molecule has 1 fully saturated rings. The number of nitrogens with one attached hydrogen (secondary N) is 2. The summed E-state index contributed by atoms with van der Waals surface area (Å²) in [7, 11) is 2.15. The number of aliphatic imine (C=N–C) groups is 1. The van der Waals surface area contributed by atoms with E-state index in [4.69, 9.17) is 4.99 Å². The first kappa shape index (κ1) is 28.8. The quantitative estimate of drug-likeness (QED) is 0.229. The second-order valence-electron chi connectivity index (χ2n) is 8.21. The predicted molar refractivity (Wildman–Crippen MR) is 135 cm³/mol. The highest BCUT2D eigenvalue weighted by atomic mass is 127. The van der Waals surface area contributed by atoms with Crippen molar-refractivity contribution in [1.82, 2.24) is 20.4 Å². The van der Waals surface area contributed by atoms with Gasteiger partial charge in [0, 0.05) is 45.3 Å². The van der Waals surface area contributed by atoms with Crippen LogP contribution in [0.5, 0.6) is 5.75 Å². The lowest BCUT2D eigenvalue weighted by Crippen LogP contribution is -2.52.